The largest absolute Gasteiger partial charge is 0.384 e. The minimum Gasteiger partial charge on any atom is -0.384 e. The number of thioether (sulfide) groups is 1. The van der Waals surface area contributed by atoms with E-state index in [1.54, 1.807) is 24.0 Å². The van der Waals surface area contributed by atoms with E-state index >= 15 is 0 Å². The number of rotatable bonds is 2. The third-order valence-electron chi connectivity index (χ3n) is 2.23. The van der Waals surface area contributed by atoms with Crippen LogP contribution in [-0.2, 0) is 0 Å². The Morgan fingerprint density at radius 2 is 2.15 bits per heavy atom. The monoisotopic (exact) mass is 195 g/mol. The summed E-state index contributed by atoms with van der Waals surface area (Å²) in [5.74, 6) is 0.565. The van der Waals surface area contributed by atoms with Gasteiger partial charge in [0.05, 0.1) is 0 Å². The van der Waals surface area contributed by atoms with Gasteiger partial charge < -0.3 is 5.73 Å². The summed E-state index contributed by atoms with van der Waals surface area (Å²) in [4.78, 5) is 8.34. The van der Waals surface area contributed by atoms with E-state index in [-0.39, 0.29) is 0 Å². The molecule has 1 aliphatic rings. The second-order valence-corrected chi connectivity index (χ2v) is 4.56. The number of hydrogen-bond donors (Lipinski definition) is 1. The van der Waals surface area contributed by atoms with Gasteiger partial charge in [0.1, 0.15) is 5.82 Å². The average molecular weight is 195 g/mol. The summed E-state index contributed by atoms with van der Waals surface area (Å²) in [6.07, 6.45) is 7.01. The Morgan fingerprint density at radius 1 is 1.38 bits per heavy atom. The topological polar surface area (TPSA) is 51.8 Å². The molecule has 1 saturated carbocycles. The van der Waals surface area contributed by atoms with E-state index in [1.807, 2.05) is 0 Å². The van der Waals surface area contributed by atoms with Gasteiger partial charge in [-0.25, -0.2) is 9.97 Å². The van der Waals surface area contributed by atoms with Crippen molar-refractivity contribution in [3.8, 4) is 0 Å². The van der Waals surface area contributed by atoms with Crippen LogP contribution in [0.15, 0.2) is 17.4 Å². The Hall–Kier alpha value is -0.770. The summed E-state index contributed by atoms with van der Waals surface area (Å²) in [5, 5.41) is 1.54. The first-order chi connectivity index (χ1) is 6.34. The molecule has 70 valence electrons. The number of anilines is 1. The van der Waals surface area contributed by atoms with Gasteiger partial charge >= 0.3 is 0 Å². The lowest BCUT2D eigenvalue weighted by Gasteiger charge is -2.06. The van der Waals surface area contributed by atoms with Crippen LogP contribution in [0.5, 0.6) is 0 Å². The van der Waals surface area contributed by atoms with E-state index in [0.29, 0.717) is 11.1 Å². The number of nitrogen functional groups attached to an aromatic ring is 1. The van der Waals surface area contributed by atoms with Crippen molar-refractivity contribution in [2.75, 3.05) is 5.73 Å². The van der Waals surface area contributed by atoms with Gasteiger partial charge in [-0.2, -0.15) is 0 Å². The molecule has 0 atom stereocenters. The summed E-state index contributed by atoms with van der Waals surface area (Å²) in [6, 6.07) is 1.72. The van der Waals surface area contributed by atoms with Crippen molar-refractivity contribution < 1.29 is 0 Å². The van der Waals surface area contributed by atoms with Crippen molar-refractivity contribution in [3.05, 3.63) is 12.3 Å². The van der Waals surface area contributed by atoms with Crippen molar-refractivity contribution in [3.63, 3.8) is 0 Å². The molecule has 0 saturated heterocycles. The standard InChI is InChI=1S/C9H13N3S/c10-8-5-6-11-9(12-8)13-7-3-1-2-4-7/h5-7H,1-4H2,(H2,10,11,12). The molecule has 13 heavy (non-hydrogen) atoms. The highest BCUT2D eigenvalue weighted by Crippen LogP contribution is 2.32. The minimum atomic E-state index is 0.565. The summed E-state index contributed by atoms with van der Waals surface area (Å²) < 4.78 is 0. The first kappa shape index (κ1) is 8.81. The molecule has 1 aromatic rings. The maximum atomic E-state index is 5.57. The molecule has 4 heteroatoms. The van der Waals surface area contributed by atoms with E-state index in [2.05, 4.69) is 9.97 Å². The highest BCUT2D eigenvalue weighted by atomic mass is 32.2. The van der Waals surface area contributed by atoms with Crippen molar-refractivity contribution in [2.45, 2.75) is 36.1 Å². The van der Waals surface area contributed by atoms with Gasteiger partial charge in [0.15, 0.2) is 5.16 Å². The van der Waals surface area contributed by atoms with Gasteiger partial charge in [0.25, 0.3) is 0 Å². The molecule has 2 rings (SSSR count). The predicted molar refractivity (Wildman–Crippen MR) is 54.6 cm³/mol. The molecule has 0 aliphatic heterocycles. The second kappa shape index (κ2) is 3.96. The second-order valence-electron chi connectivity index (χ2n) is 3.29. The lowest BCUT2D eigenvalue weighted by atomic mass is 10.4. The van der Waals surface area contributed by atoms with Crippen LogP contribution >= 0.6 is 11.8 Å². The first-order valence-corrected chi connectivity index (χ1v) is 5.48. The van der Waals surface area contributed by atoms with Gasteiger partial charge in [-0.05, 0) is 18.9 Å². The third-order valence-corrected chi connectivity index (χ3v) is 3.44. The summed E-state index contributed by atoms with van der Waals surface area (Å²) in [6.45, 7) is 0. The number of aromatic nitrogens is 2. The van der Waals surface area contributed by atoms with Crippen LogP contribution in [0.1, 0.15) is 25.7 Å². The van der Waals surface area contributed by atoms with Crippen molar-refractivity contribution in [1.29, 1.82) is 0 Å². The van der Waals surface area contributed by atoms with E-state index in [4.69, 9.17) is 5.73 Å². The van der Waals surface area contributed by atoms with E-state index in [1.165, 1.54) is 25.7 Å². The van der Waals surface area contributed by atoms with Crippen molar-refractivity contribution >= 4 is 17.6 Å². The molecule has 1 aliphatic carbocycles. The zero-order valence-corrected chi connectivity index (χ0v) is 8.26. The maximum Gasteiger partial charge on any atom is 0.189 e. The summed E-state index contributed by atoms with van der Waals surface area (Å²) in [5.41, 5.74) is 5.57. The molecule has 1 fully saturated rings. The third kappa shape index (κ3) is 2.34. The molecule has 0 unspecified atom stereocenters. The van der Waals surface area contributed by atoms with E-state index in [9.17, 15) is 0 Å². The molecule has 2 N–H and O–H groups in total. The molecule has 0 aromatic carbocycles. The van der Waals surface area contributed by atoms with Gasteiger partial charge in [0, 0.05) is 11.4 Å². The molecule has 1 heterocycles. The molecule has 0 radical (unpaired) electrons. The molecule has 0 spiro atoms. The highest BCUT2D eigenvalue weighted by Gasteiger charge is 2.17. The summed E-state index contributed by atoms with van der Waals surface area (Å²) >= 11 is 1.76. The molecule has 0 bridgehead atoms. The van der Waals surface area contributed by atoms with Gasteiger partial charge in [-0.3, -0.25) is 0 Å². The SMILES string of the molecule is Nc1ccnc(SC2CCCC2)n1. The smallest absolute Gasteiger partial charge is 0.189 e. The van der Waals surface area contributed by atoms with Crippen LogP contribution in [0.4, 0.5) is 5.82 Å². The van der Waals surface area contributed by atoms with Crippen LogP contribution < -0.4 is 5.73 Å². The summed E-state index contributed by atoms with van der Waals surface area (Å²) in [7, 11) is 0. The fraction of sp³-hybridized carbons (Fsp3) is 0.556. The molecule has 1 aromatic heterocycles. The zero-order valence-electron chi connectivity index (χ0n) is 7.44. The van der Waals surface area contributed by atoms with Crippen LogP contribution in [0.2, 0.25) is 0 Å². The Labute approximate surface area is 82.2 Å². The highest BCUT2D eigenvalue weighted by molar-refractivity contribution is 7.99. The average Bonchev–Trinajstić information content (AvgIpc) is 2.57. The number of nitrogens with two attached hydrogens (primary N) is 1. The van der Waals surface area contributed by atoms with Crippen molar-refractivity contribution in [2.24, 2.45) is 0 Å². The lowest BCUT2D eigenvalue weighted by Crippen LogP contribution is -1.98. The normalized spacial score (nSPS) is 17.8. The van der Waals surface area contributed by atoms with E-state index < -0.39 is 0 Å². The molecule has 3 nitrogen and oxygen atoms in total. The fourth-order valence-electron chi connectivity index (χ4n) is 1.57. The molecular weight excluding hydrogens is 182 g/mol. The van der Waals surface area contributed by atoms with Gasteiger partial charge in [-0.1, -0.05) is 24.6 Å². The maximum absolute atomic E-state index is 5.57. The Bertz CT molecular complexity index is 284. The number of hydrogen-bond acceptors (Lipinski definition) is 4. The van der Waals surface area contributed by atoms with Gasteiger partial charge in [0.2, 0.25) is 0 Å². The van der Waals surface area contributed by atoms with Crippen LogP contribution in [0, 0.1) is 0 Å². The van der Waals surface area contributed by atoms with Crippen LogP contribution in [0.3, 0.4) is 0 Å². The molecule has 0 amide bonds. The zero-order chi connectivity index (χ0) is 9.10. The Balaban J connectivity index is 2.00. The lowest BCUT2D eigenvalue weighted by molar-refractivity contribution is 0.886. The van der Waals surface area contributed by atoms with Crippen LogP contribution in [0.25, 0.3) is 0 Å². The quantitative estimate of drug-likeness (QED) is 0.734. The predicted octanol–water partition coefficient (Wildman–Crippen LogP) is 2.09. The van der Waals surface area contributed by atoms with Crippen LogP contribution in [-0.4, -0.2) is 15.2 Å². The van der Waals surface area contributed by atoms with Crippen molar-refractivity contribution in [1.82, 2.24) is 9.97 Å². The minimum absolute atomic E-state index is 0.565. The van der Waals surface area contributed by atoms with E-state index in [0.717, 1.165) is 5.16 Å². The number of nitrogens with zero attached hydrogens (tertiary/aromatic N) is 2. The Kier molecular flexibility index (Phi) is 2.68. The fourth-order valence-corrected chi connectivity index (χ4v) is 2.71. The van der Waals surface area contributed by atoms with Gasteiger partial charge in [-0.15, -0.1) is 0 Å². The Morgan fingerprint density at radius 3 is 2.85 bits per heavy atom. The first-order valence-electron chi connectivity index (χ1n) is 4.60. The molecular formula is C9H13N3S.